The first-order chi connectivity index (χ1) is 9.31. The summed E-state index contributed by atoms with van der Waals surface area (Å²) in [4.78, 5) is 11.6. The third-order valence-electron chi connectivity index (χ3n) is 2.59. The summed E-state index contributed by atoms with van der Waals surface area (Å²) in [5, 5.41) is 2.60. The maximum Gasteiger partial charge on any atom is 0.412 e. The van der Waals surface area contributed by atoms with E-state index in [-0.39, 0.29) is 5.82 Å². The number of hydrogen-bond donors (Lipinski definition) is 2. The number of rotatable bonds is 5. The molecule has 0 fully saturated rings. The number of amides is 1. The number of carbonyl (C=O) groups excluding carboxylic acids is 1. The zero-order valence-corrected chi connectivity index (χ0v) is 12.3. The zero-order chi connectivity index (χ0) is 15.2. The largest absolute Gasteiger partial charge is 0.444 e. The van der Waals surface area contributed by atoms with Crippen LogP contribution in [0.5, 0.6) is 0 Å². The van der Waals surface area contributed by atoms with E-state index >= 15 is 0 Å². The van der Waals surface area contributed by atoms with Crippen molar-refractivity contribution in [3.63, 3.8) is 0 Å². The first-order valence-electron chi connectivity index (χ1n) is 6.80. The number of hydrogen-bond acceptors (Lipinski definition) is 3. The minimum absolute atomic E-state index is 0.267. The molecule has 0 heterocycles. The number of aryl methyl sites for hydroxylation is 1. The van der Waals surface area contributed by atoms with Gasteiger partial charge >= 0.3 is 6.09 Å². The van der Waals surface area contributed by atoms with E-state index in [0.29, 0.717) is 24.2 Å². The van der Waals surface area contributed by atoms with Crippen molar-refractivity contribution in [2.24, 2.45) is 5.73 Å². The third kappa shape index (κ3) is 6.02. The molecule has 0 saturated heterocycles. The first kappa shape index (κ1) is 16.4. The van der Waals surface area contributed by atoms with E-state index in [9.17, 15) is 9.18 Å². The van der Waals surface area contributed by atoms with Crippen LogP contribution in [0.15, 0.2) is 18.2 Å². The van der Waals surface area contributed by atoms with Gasteiger partial charge in [-0.05, 0) is 70.3 Å². The Hall–Kier alpha value is -1.62. The molecule has 0 saturated carbocycles. The molecule has 20 heavy (non-hydrogen) atoms. The number of nitrogens with one attached hydrogen (secondary N) is 1. The van der Waals surface area contributed by atoms with E-state index in [1.54, 1.807) is 26.8 Å². The summed E-state index contributed by atoms with van der Waals surface area (Å²) >= 11 is 0. The summed E-state index contributed by atoms with van der Waals surface area (Å²) in [5.74, 6) is -0.267. The normalized spacial score (nSPS) is 11.2. The Kier molecular flexibility index (Phi) is 5.95. The van der Waals surface area contributed by atoms with Crippen molar-refractivity contribution < 1.29 is 13.9 Å². The fraction of sp³-hybridized carbons (Fsp3) is 0.533. The van der Waals surface area contributed by atoms with Gasteiger partial charge in [-0.1, -0.05) is 0 Å². The van der Waals surface area contributed by atoms with E-state index in [0.717, 1.165) is 12.8 Å². The number of ether oxygens (including phenoxy) is 1. The summed E-state index contributed by atoms with van der Waals surface area (Å²) in [6, 6.07) is 4.51. The number of carbonyl (C=O) groups is 1. The fourth-order valence-corrected chi connectivity index (χ4v) is 1.73. The highest BCUT2D eigenvalue weighted by molar-refractivity contribution is 5.84. The smallest absolute Gasteiger partial charge is 0.412 e. The van der Waals surface area contributed by atoms with E-state index in [1.165, 1.54) is 12.1 Å². The summed E-state index contributed by atoms with van der Waals surface area (Å²) in [6.45, 7) is 5.96. The van der Waals surface area contributed by atoms with Gasteiger partial charge in [-0.25, -0.2) is 9.18 Å². The van der Waals surface area contributed by atoms with E-state index in [1.807, 2.05) is 0 Å². The van der Waals surface area contributed by atoms with Gasteiger partial charge in [0.25, 0.3) is 0 Å². The minimum Gasteiger partial charge on any atom is -0.444 e. The molecule has 0 aliphatic rings. The molecule has 1 rings (SSSR count). The van der Waals surface area contributed by atoms with Crippen LogP contribution >= 0.6 is 0 Å². The predicted octanol–water partition coefficient (Wildman–Crippen LogP) is 3.45. The van der Waals surface area contributed by atoms with Gasteiger partial charge in [0.15, 0.2) is 0 Å². The Balaban J connectivity index is 2.67. The van der Waals surface area contributed by atoms with Crippen molar-refractivity contribution >= 4 is 11.8 Å². The Bertz CT molecular complexity index is 456. The molecule has 1 aromatic rings. The van der Waals surface area contributed by atoms with E-state index in [4.69, 9.17) is 10.5 Å². The first-order valence-corrected chi connectivity index (χ1v) is 6.80. The lowest BCUT2D eigenvalue weighted by Gasteiger charge is -2.19. The third-order valence-corrected chi connectivity index (χ3v) is 2.59. The summed E-state index contributed by atoms with van der Waals surface area (Å²) in [6.07, 6.45) is 1.73. The lowest BCUT2D eigenvalue weighted by atomic mass is 10.1. The molecule has 1 amide bonds. The molecule has 0 aliphatic carbocycles. The average Bonchev–Trinajstić information content (AvgIpc) is 2.31. The SMILES string of the molecule is CC(C)(C)OC(=O)Nc1ccc(F)c(CCCCN)c1. The number of unbranched alkanes of at least 4 members (excludes halogenated alkanes) is 1. The molecule has 0 radical (unpaired) electrons. The standard InChI is InChI=1S/C15H23FN2O2/c1-15(2,3)20-14(19)18-12-7-8-13(16)11(10-12)6-4-5-9-17/h7-8,10H,4-6,9,17H2,1-3H3,(H,18,19). The molecule has 0 aliphatic heterocycles. The molecule has 0 spiro atoms. The Morgan fingerprint density at radius 3 is 2.65 bits per heavy atom. The van der Waals surface area contributed by atoms with Gasteiger partial charge in [0.05, 0.1) is 0 Å². The fourth-order valence-electron chi connectivity index (χ4n) is 1.73. The number of halogens is 1. The predicted molar refractivity (Wildman–Crippen MR) is 78.2 cm³/mol. The molecular formula is C15H23FN2O2. The number of benzene rings is 1. The maximum absolute atomic E-state index is 13.6. The van der Waals surface area contributed by atoms with Gasteiger partial charge in [-0.15, -0.1) is 0 Å². The van der Waals surface area contributed by atoms with Crippen molar-refractivity contribution in [1.82, 2.24) is 0 Å². The molecule has 3 N–H and O–H groups in total. The van der Waals surface area contributed by atoms with Gasteiger partial charge in [-0.3, -0.25) is 5.32 Å². The van der Waals surface area contributed by atoms with Crippen molar-refractivity contribution in [2.45, 2.75) is 45.6 Å². The second-order valence-corrected chi connectivity index (χ2v) is 5.68. The molecular weight excluding hydrogens is 259 g/mol. The average molecular weight is 282 g/mol. The van der Waals surface area contributed by atoms with Crippen LogP contribution in [0, 0.1) is 5.82 Å². The van der Waals surface area contributed by atoms with Crippen LogP contribution in [0.4, 0.5) is 14.9 Å². The lowest BCUT2D eigenvalue weighted by molar-refractivity contribution is 0.0636. The van der Waals surface area contributed by atoms with Crippen LogP contribution < -0.4 is 11.1 Å². The molecule has 0 bridgehead atoms. The zero-order valence-electron chi connectivity index (χ0n) is 12.3. The molecule has 4 nitrogen and oxygen atoms in total. The quantitative estimate of drug-likeness (QED) is 0.813. The second-order valence-electron chi connectivity index (χ2n) is 5.68. The highest BCUT2D eigenvalue weighted by Crippen LogP contribution is 2.18. The monoisotopic (exact) mass is 282 g/mol. The van der Waals surface area contributed by atoms with Crippen molar-refractivity contribution in [3.8, 4) is 0 Å². The summed E-state index contributed by atoms with van der Waals surface area (Å²) in [7, 11) is 0. The number of anilines is 1. The Morgan fingerprint density at radius 1 is 1.35 bits per heavy atom. The second kappa shape index (κ2) is 7.24. The maximum atomic E-state index is 13.6. The highest BCUT2D eigenvalue weighted by Gasteiger charge is 2.16. The molecule has 0 atom stereocenters. The van der Waals surface area contributed by atoms with Crippen LogP contribution in [0.25, 0.3) is 0 Å². The highest BCUT2D eigenvalue weighted by atomic mass is 19.1. The molecule has 1 aromatic carbocycles. The van der Waals surface area contributed by atoms with Crippen molar-refractivity contribution in [2.75, 3.05) is 11.9 Å². The van der Waals surface area contributed by atoms with E-state index < -0.39 is 11.7 Å². The molecule has 112 valence electrons. The van der Waals surface area contributed by atoms with Gasteiger partial charge < -0.3 is 10.5 Å². The van der Waals surface area contributed by atoms with Crippen molar-refractivity contribution in [1.29, 1.82) is 0 Å². The molecule has 5 heteroatoms. The lowest BCUT2D eigenvalue weighted by Crippen LogP contribution is -2.27. The topological polar surface area (TPSA) is 64.3 Å². The van der Waals surface area contributed by atoms with Gasteiger partial charge in [-0.2, -0.15) is 0 Å². The van der Waals surface area contributed by atoms with Gasteiger partial charge in [0.2, 0.25) is 0 Å². The molecule has 0 unspecified atom stereocenters. The summed E-state index contributed by atoms with van der Waals surface area (Å²) in [5.41, 5.74) is 5.96. The Morgan fingerprint density at radius 2 is 2.05 bits per heavy atom. The number of nitrogens with two attached hydrogens (primary N) is 1. The van der Waals surface area contributed by atoms with Crippen molar-refractivity contribution in [3.05, 3.63) is 29.6 Å². The van der Waals surface area contributed by atoms with Gasteiger partial charge in [0, 0.05) is 5.69 Å². The molecule has 0 aromatic heterocycles. The van der Waals surface area contributed by atoms with Gasteiger partial charge in [0.1, 0.15) is 11.4 Å². The minimum atomic E-state index is -0.561. The van der Waals surface area contributed by atoms with Crippen LogP contribution in [0.3, 0.4) is 0 Å². The van der Waals surface area contributed by atoms with Crippen LogP contribution in [-0.4, -0.2) is 18.2 Å². The Labute approximate surface area is 119 Å². The van der Waals surface area contributed by atoms with E-state index in [2.05, 4.69) is 5.32 Å². The van der Waals surface area contributed by atoms with Crippen LogP contribution in [0.2, 0.25) is 0 Å². The summed E-state index contributed by atoms with van der Waals surface area (Å²) < 4.78 is 18.8. The van der Waals surface area contributed by atoms with Crippen LogP contribution in [0.1, 0.15) is 39.2 Å². The van der Waals surface area contributed by atoms with Crippen LogP contribution in [-0.2, 0) is 11.2 Å².